The molecule has 0 aliphatic heterocycles. The number of aliphatic imine (C=N–C) groups is 1. The summed E-state index contributed by atoms with van der Waals surface area (Å²) in [4.78, 5) is 22.3. The van der Waals surface area contributed by atoms with Gasteiger partial charge in [0.05, 0.1) is 30.2 Å². The summed E-state index contributed by atoms with van der Waals surface area (Å²) in [5.41, 5.74) is 12.8. The molecule has 2 aliphatic carbocycles. The summed E-state index contributed by atoms with van der Waals surface area (Å²) in [6.45, 7) is 2.07. The van der Waals surface area contributed by atoms with Gasteiger partial charge in [0.2, 0.25) is 6.41 Å². The van der Waals surface area contributed by atoms with Gasteiger partial charge in [-0.3, -0.25) is 4.79 Å². The number of imidazole rings is 1. The third-order valence-corrected chi connectivity index (χ3v) is 8.12. The average molecular weight is 475 g/mol. The number of amides is 1. The Morgan fingerprint density at radius 2 is 1.69 bits per heavy atom. The van der Waals surface area contributed by atoms with Gasteiger partial charge in [-0.05, 0) is 94.7 Å². The molecule has 6 rings (SSSR count). The molecule has 0 bridgehead atoms. The average Bonchev–Trinajstić information content (AvgIpc) is 3.68. The van der Waals surface area contributed by atoms with E-state index >= 15 is 0 Å². The minimum atomic E-state index is 0.308. The normalized spacial score (nSPS) is 16.0. The van der Waals surface area contributed by atoms with Crippen LogP contribution in [0.4, 0.5) is 5.69 Å². The van der Waals surface area contributed by atoms with Crippen LogP contribution in [0.3, 0.4) is 0 Å². The molecule has 0 atom stereocenters. The number of nitrogens with zero attached hydrogens (tertiary/aromatic N) is 2. The number of carbonyl (C=O) groups excluding carboxylic acids is 1. The second-order valence-corrected chi connectivity index (χ2v) is 10.1. The van der Waals surface area contributed by atoms with Gasteiger partial charge >= 0.3 is 0 Å². The lowest BCUT2D eigenvalue weighted by molar-refractivity contribution is -0.108. The first-order chi connectivity index (χ1) is 17.7. The Bertz CT molecular complexity index is 1430. The van der Waals surface area contributed by atoms with Crippen molar-refractivity contribution in [3.63, 3.8) is 0 Å². The van der Waals surface area contributed by atoms with Crippen molar-refractivity contribution in [2.45, 2.75) is 50.9 Å². The molecule has 0 saturated heterocycles. The van der Waals surface area contributed by atoms with E-state index in [0.717, 1.165) is 28.9 Å². The van der Waals surface area contributed by atoms with E-state index in [2.05, 4.69) is 75.7 Å². The smallest absolute Gasteiger partial charge is 0.212 e. The highest BCUT2D eigenvalue weighted by Crippen LogP contribution is 2.55. The summed E-state index contributed by atoms with van der Waals surface area (Å²) in [6.07, 6.45) is 13.3. The van der Waals surface area contributed by atoms with E-state index in [1.165, 1.54) is 66.3 Å². The summed E-state index contributed by atoms with van der Waals surface area (Å²) in [6, 6.07) is 20.0. The maximum absolute atomic E-state index is 10.5. The number of carbonyl (C=O) groups is 1. The van der Waals surface area contributed by atoms with Gasteiger partial charge in [-0.2, -0.15) is 0 Å². The van der Waals surface area contributed by atoms with Gasteiger partial charge in [0.15, 0.2) is 0 Å². The van der Waals surface area contributed by atoms with Crippen LogP contribution in [0.5, 0.6) is 0 Å². The van der Waals surface area contributed by atoms with Gasteiger partial charge in [0, 0.05) is 0 Å². The van der Waals surface area contributed by atoms with E-state index in [9.17, 15) is 4.79 Å². The number of rotatable bonds is 6. The van der Waals surface area contributed by atoms with E-state index in [0.29, 0.717) is 11.8 Å². The number of benzene rings is 3. The molecule has 1 aromatic heterocycles. The summed E-state index contributed by atoms with van der Waals surface area (Å²) in [5.74, 6) is 0. The van der Waals surface area contributed by atoms with Crippen LogP contribution < -0.4 is 5.32 Å². The third-order valence-electron chi connectivity index (χ3n) is 8.12. The van der Waals surface area contributed by atoms with Crippen molar-refractivity contribution < 1.29 is 4.79 Å². The molecule has 3 aromatic carbocycles. The molecule has 1 amide bonds. The number of hydrogen-bond donors (Lipinski definition) is 2. The van der Waals surface area contributed by atoms with Crippen molar-refractivity contribution in [3.8, 4) is 33.5 Å². The van der Waals surface area contributed by atoms with Gasteiger partial charge in [0.1, 0.15) is 0 Å². The van der Waals surface area contributed by atoms with E-state index in [4.69, 9.17) is 0 Å². The van der Waals surface area contributed by atoms with Crippen molar-refractivity contribution in [3.05, 3.63) is 83.8 Å². The van der Waals surface area contributed by atoms with Crippen molar-refractivity contribution >= 4 is 18.4 Å². The fourth-order valence-electron chi connectivity index (χ4n) is 6.41. The largest absolute Gasteiger partial charge is 0.345 e. The fourth-order valence-corrected chi connectivity index (χ4v) is 6.41. The topological polar surface area (TPSA) is 70.1 Å². The lowest BCUT2D eigenvalue weighted by Crippen LogP contribution is -2.19. The third kappa shape index (κ3) is 3.85. The summed E-state index contributed by atoms with van der Waals surface area (Å²) in [5, 5.41) is 2.49. The van der Waals surface area contributed by atoms with Crippen LogP contribution in [0.1, 0.15) is 48.8 Å². The predicted octanol–water partition coefficient (Wildman–Crippen LogP) is 6.88. The molecule has 0 radical (unpaired) electrons. The molecular weight excluding hydrogens is 444 g/mol. The van der Waals surface area contributed by atoms with Crippen LogP contribution in [0, 0.1) is 6.92 Å². The Labute approximate surface area is 211 Å². The van der Waals surface area contributed by atoms with E-state index < -0.39 is 0 Å². The molecule has 1 spiro atoms. The van der Waals surface area contributed by atoms with Crippen LogP contribution in [-0.4, -0.2) is 22.7 Å². The van der Waals surface area contributed by atoms with E-state index in [-0.39, 0.29) is 0 Å². The molecule has 180 valence electrons. The number of nitrogens with one attached hydrogen (secondary N) is 2. The number of fused-ring (bicyclic) bond motifs is 2. The number of aromatic nitrogens is 2. The summed E-state index contributed by atoms with van der Waals surface area (Å²) in [7, 11) is 0. The van der Waals surface area contributed by atoms with Crippen molar-refractivity contribution in [1.29, 1.82) is 0 Å². The molecular formula is C31H30N4O. The summed E-state index contributed by atoms with van der Waals surface area (Å²) >= 11 is 0. The van der Waals surface area contributed by atoms with Crippen molar-refractivity contribution in [1.82, 2.24) is 15.3 Å². The molecule has 2 aliphatic rings. The molecule has 5 nitrogen and oxygen atoms in total. The maximum atomic E-state index is 10.5. The quantitative estimate of drug-likeness (QED) is 0.182. The van der Waals surface area contributed by atoms with Crippen LogP contribution in [0.15, 0.2) is 72.1 Å². The Kier molecular flexibility index (Phi) is 5.76. The Balaban J connectivity index is 1.44. The van der Waals surface area contributed by atoms with Crippen molar-refractivity contribution in [2.75, 3.05) is 0 Å². The number of aromatic amines is 1. The molecule has 4 aromatic rings. The number of H-pyrrole nitrogens is 1. The SMILES string of the molecule is Cc1cc(-c2ccc(-c3ccc(-c4cnc[nH]4)cc3)c3c2CCC32CCCC2)ccc1/N=C\NC=O. The zero-order valence-electron chi connectivity index (χ0n) is 20.6. The molecule has 36 heavy (non-hydrogen) atoms. The zero-order chi connectivity index (χ0) is 24.5. The molecule has 2 N–H and O–H groups in total. The Morgan fingerprint density at radius 3 is 2.42 bits per heavy atom. The first-order valence-corrected chi connectivity index (χ1v) is 12.8. The number of aryl methyl sites for hydroxylation is 1. The summed E-state index contributed by atoms with van der Waals surface area (Å²) < 4.78 is 0. The predicted molar refractivity (Wildman–Crippen MR) is 145 cm³/mol. The van der Waals surface area contributed by atoms with Gasteiger partial charge in [-0.25, -0.2) is 9.98 Å². The van der Waals surface area contributed by atoms with Crippen LogP contribution in [0.2, 0.25) is 0 Å². The van der Waals surface area contributed by atoms with Crippen LogP contribution in [0.25, 0.3) is 33.5 Å². The minimum absolute atomic E-state index is 0.308. The standard InChI is InChI=1S/C31H30N4O/c1-21-16-24(8-11-28(21)34-19-33-20-36)25-9-10-26(30-27(25)12-15-31(30)13-2-3-14-31)22-4-6-23(7-5-22)29-17-32-18-35-29/h4-11,16-20H,2-3,12-15H2,1H3,(H,32,35)(H,33,34,36). The first kappa shape index (κ1) is 22.5. The lowest BCUT2D eigenvalue weighted by Gasteiger charge is -2.28. The van der Waals surface area contributed by atoms with Gasteiger partial charge in [0.25, 0.3) is 0 Å². The van der Waals surface area contributed by atoms with Gasteiger partial charge < -0.3 is 10.3 Å². The highest BCUT2D eigenvalue weighted by atomic mass is 16.1. The first-order valence-electron chi connectivity index (χ1n) is 12.8. The second-order valence-electron chi connectivity index (χ2n) is 10.1. The van der Waals surface area contributed by atoms with E-state index in [1.54, 1.807) is 11.9 Å². The fraction of sp³-hybridized carbons (Fsp3) is 0.258. The molecule has 1 heterocycles. The highest BCUT2D eigenvalue weighted by Gasteiger charge is 2.43. The Hall–Kier alpha value is -3.99. The number of hydrogen-bond acceptors (Lipinski definition) is 3. The maximum Gasteiger partial charge on any atom is 0.212 e. The van der Waals surface area contributed by atoms with Crippen LogP contribution >= 0.6 is 0 Å². The highest BCUT2D eigenvalue weighted by molar-refractivity contribution is 5.82. The zero-order valence-corrected chi connectivity index (χ0v) is 20.6. The minimum Gasteiger partial charge on any atom is -0.345 e. The van der Waals surface area contributed by atoms with Crippen molar-refractivity contribution in [2.24, 2.45) is 4.99 Å². The molecule has 1 saturated carbocycles. The van der Waals surface area contributed by atoms with Crippen LogP contribution in [-0.2, 0) is 16.6 Å². The van der Waals surface area contributed by atoms with Gasteiger partial charge in [-0.15, -0.1) is 0 Å². The molecule has 1 fully saturated rings. The van der Waals surface area contributed by atoms with E-state index in [1.807, 2.05) is 12.3 Å². The lowest BCUT2D eigenvalue weighted by atomic mass is 9.76. The van der Waals surface area contributed by atoms with Gasteiger partial charge in [-0.1, -0.05) is 55.3 Å². The second kappa shape index (κ2) is 9.23. The molecule has 0 unspecified atom stereocenters. The Morgan fingerprint density at radius 1 is 0.944 bits per heavy atom. The molecule has 5 heteroatoms. The monoisotopic (exact) mass is 474 g/mol.